The minimum absolute atomic E-state index is 0.193. The Morgan fingerprint density at radius 1 is 0.941 bits per heavy atom. The van der Waals surface area contributed by atoms with Crippen molar-refractivity contribution in [3.63, 3.8) is 0 Å². The third kappa shape index (κ3) is 7.26. The maximum absolute atomic E-state index is 11.1. The molecule has 0 aliphatic heterocycles. The third-order valence-corrected chi connectivity index (χ3v) is 5.52. The van der Waals surface area contributed by atoms with Crippen LogP contribution in [0, 0.1) is 12.3 Å². The Bertz CT molecular complexity index is 1110. The molecule has 0 spiro atoms. The van der Waals surface area contributed by atoms with Crippen molar-refractivity contribution in [3.8, 4) is 23.8 Å². The Morgan fingerprint density at radius 2 is 1.41 bits per heavy atom. The Morgan fingerprint density at radius 3 is 1.85 bits per heavy atom. The lowest BCUT2D eigenvalue weighted by molar-refractivity contribution is 0.1000. The van der Waals surface area contributed by atoms with E-state index in [-0.39, 0.29) is 6.04 Å². The number of rotatable bonds is 12. The molecule has 1 atom stereocenters. The molecule has 0 aliphatic carbocycles. The molecule has 0 radical (unpaired) electrons. The normalized spacial score (nSPS) is 11.4. The first kappa shape index (κ1) is 24.6. The largest absolute Gasteiger partial charge is 0.489 e. The second-order valence-electron chi connectivity index (χ2n) is 8.05. The second kappa shape index (κ2) is 12.3. The summed E-state index contributed by atoms with van der Waals surface area (Å²) in [6, 6.07) is 23.2. The summed E-state index contributed by atoms with van der Waals surface area (Å²) < 4.78 is 11.7. The van der Waals surface area contributed by atoms with Gasteiger partial charge in [-0.2, -0.15) is 0 Å². The van der Waals surface area contributed by atoms with E-state index in [1.54, 1.807) is 12.1 Å². The topological polar surface area (TPSA) is 64.8 Å². The highest BCUT2D eigenvalue weighted by molar-refractivity contribution is 5.92. The number of ether oxygens (including phenoxy) is 2. The highest BCUT2D eigenvalue weighted by Gasteiger charge is 2.11. The van der Waals surface area contributed by atoms with Gasteiger partial charge in [-0.1, -0.05) is 48.4 Å². The molecule has 5 heteroatoms. The molecule has 34 heavy (non-hydrogen) atoms. The number of carbonyl (C=O) groups is 1. The fourth-order valence-corrected chi connectivity index (χ4v) is 3.42. The highest BCUT2D eigenvalue weighted by Crippen LogP contribution is 2.19. The molecule has 0 fully saturated rings. The van der Waals surface area contributed by atoms with E-state index < -0.39 is 5.91 Å². The zero-order valence-corrected chi connectivity index (χ0v) is 19.4. The molecule has 0 aliphatic rings. The number of likely N-dealkylation sites (N-methyl/N-ethyl adjacent to an activating group) is 1. The lowest BCUT2D eigenvalue weighted by Crippen LogP contribution is -2.32. The highest BCUT2D eigenvalue weighted by atomic mass is 16.5. The van der Waals surface area contributed by atoms with Crippen molar-refractivity contribution in [3.05, 3.63) is 108 Å². The molecule has 3 aromatic carbocycles. The summed E-state index contributed by atoms with van der Waals surface area (Å²) >= 11 is 0. The van der Waals surface area contributed by atoms with Crippen LogP contribution < -0.4 is 15.2 Å². The SMILES string of the molecule is C#CCN(C)C(C=C)Cc1ccc(OCc2ccc(OCc3ccc(C(N)=O)cc3)cc2)cc1. The van der Waals surface area contributed by atoms with Gasteiger partial charge < -0.3 is 15.2 Å². The molecule has 0 saturated carbocycles. The summed E-state index contributed by atoms with van der Waals surface area (Å²) in [5, 5.41) is 0. The summed E-state index contributed by atoms with van der Waals surface area (Å²) in [5.74, 6) is 3.81. The maximum Gasteiger partial charge on any atom is 0.248 e. The average molecular weight is 455 g/mol. The molecule has 1 amide bonds. The number of carbonyl (C=O) groups excluding carboxylic acids is 1. The lowest BCUT2D eigenvalue weighted by Gasteiger charge is -2.23. The molecule has 0 heterocycles. The summed E-state index contributed by atoms with van der Waals surface area (Å²) in [4.78, 5) is 13.2. The molecule has 2 N–H and O–H groups in total. The van der Waals surface area contributed by atoms with Crippen molar-refractivity contribution >= 4 is 5.91 Å². The molecule has 0 aromatic heterocycles. The Balaban J connectivity index is 1.47. The van der Waals surface area contributed by atoms with Gasteiger partial charge in [0.15, 0.2) is 0 Å². The van der Waals surface area contributed by atoms with Crippen LogP contribution >= 0.6 is 0 Å². The third-order valence-electron chi connectivity index (χ3n) is 5.52. The van der Waals surface area contributed by atoms with Crippen LogP contribution in [0.25, 0.3) is 0 Å². The monoisotopic (exact) mass is 454 g/mol. The first-order chi connectivity index (χ1) is 16.5. The number of nitrogens with zero attached hydrogens (tertiary/aromatic N) is 1. The van der Waals surface area contributed by atoms with E-state index >= 15 is 0 Å². The minimum Gasteiger partial charge on any atom is -0.489 e. The quantitative estimate of drug-likeness (QED) is 0.321. The Hall–Kier alpha value is -4.01. The zero-order chi connectivity index (χ0) is 24.3. The number of benzene rings is 3. The van der Waals surface area contributed by atoms with Crippen molar-refractivity contribution < 1.29 is 14.3 Å². The number of primary amides is 1. The summed E-state index contributed by atoms with van der Waals surface area (Å²) in [6.07, 6.45) is 8.19. The summed E-state index contributed by atoms with van der Waals surface area (Å²) in [6.45, 7) is 5.39. The average Bonchev–Trinajstić information content (AvgIpc) is 2.86. The van der Waals surface area contributed by atoms with Gasteiger partial charge in [0.25, 0.3) is 0 Å². The van der Waals surface area contributed by atoms with E-state index in [0.717, 1.165) is 29.0 Å². The van der Waals surface area contributed by atoms with E-state index in [9.17, 15) is 4.79 Å². The predicted molar refractivity (Wildman–Crippen MR) is 136 cm³/mol. The van der Waals surface area contributed by atoms with Crippen LogP contribution in [0.4, 0.5) is 0 Å². The van der Waals surface area contributed by atoms with Crippen molar-refractivity contribution in [2.24, 2.45) is 5.73 Å². The van der Waals surface area contributed by atoms with Crippen molar-refractivity contribution in [1.82, 2.24) is 4.90 Å². The number of hydrogen-bond acceptors (Lipinski definition) is 4. The first-order valence-corrected chi connectivity index (χ1v) is 11.1. The molecule has 3 aromatic rings. The number of amides is 1. The van der Waals surface area contributed by atoms with Crippen molar-refractivity contribution in [2.45, 2.75) is 25.7 Å². The molecule has 3 rings (SSSR count). The molecule has 1 unspecified atom stereocenters. The number of nitrogens with two attached hydrogens (primary N) is 1. The van der Waals surface area contributed by atoms with E-state index in [1.165, 1.54) is 5.56 Å². The second-order valence-corrected chi connectivity index (χ2v) is 8.05. The van der Waals surface area contributed by atoms with E-state index in [2.05, 4.69) is 29.5 Å². The van der Waals surface area contributed by atoms with E-state index in [1.807, 2.05) is 61.7 Å². The lowest BCUT2D eigenvalue weighted by atomic mass is 10.0. The summed E-state index contributed by atoms with van der Waals surface area (Å²) in [5.41, 5.74) is 8.95. The van der Waals surface area contributed by atoms with Crippen LogP contribution in [0.3, 0.4) is 0 Å². The van der Waals surface area contributed by atoms with Gasteiger partial charge in [-0.3, -0.25) is 9.69 Å². The fourth-order valence-electron chi connectivity index (χ4n) is 3.42. The van der Waals surface area contributed by atoms with Gasteiger partial charge in [-0.25, -0.2) is 0 Å². The number of terminal acetylenes is 1. The van der Waals surface area contributed by atoms with Gasteiger partial charge in [-0.05, 0) is 66.6 Å². The molecule has 0 saturated heterocycles. The standard InChI is InChI=1S/C29H30N2O3/c1-4-18-31(3)26(5-2)19-22-8-14-27(15-9-22)34-21-24-10-16-28(17-11-24)33-20-23-6-12-25(13-7-23)29(30)32/h1,5-17,26H,2,18-21H2,3H3,(H2,30,32). The van der Waals surface area contributed by atoms with Crippen LogP contribution in [0.2, 0.25) is 0 Å². The van der Waals surface area contributed by atoms with Crippen LogP contribution in [-0.2, 0) is 19.6 Å². The van der Waals surface area contributed by atoms with Gasteiger partial charge in [0.05, 0.1) is 6.54 Å². The molecular weight excluding hydrogens is 424 g/mol. The first-order valence-electron chi connectivity index (χ1n) is 11.1. The van der Waals surface area contributed by atoms with E-state index in [0.29, 0.717) is 25.3 Å². The van der Waals surface area contributed by atoms with Gasteiger partial charge in [0.2, 0.25) is 5.91 Å². The Labute approximate surface area is 201 Å². The number of hydrogen-bond donors (Lipinski definition) is 1. The van der Waals surface area contributed by atoms with Crippen molar-refractivity contribution in [1.29, 1.82) is 0 Å². The smallest absolute Gasteiger partial charge is 0.248 e. The van der Waals surface area contributed by atoms with Crippen molar-refractivity contribution in [2.75, 3.05) is 13.6 Å². The molecular formula is C29H30N2O3. The van der Waals surface area contributed by atoms with Gasteiger partial charge in [0.1, 0.15) is 24.7 Å². The summed E-state index contributed by atoms with van der Waals surface area (Å²) in [7, 11) is 2.00. The minimum atomic E-state index is -0.438. The van der Waals surface area contributed by atoms with Crippen LogP contribution in [-0.4, -0.2) is 30.4 Å². The predicted octanol–water partition coefficient (Wildman–Crippen LogP) is 4.61. The van der Waals surface area contributed by atoms with Crippen LogP contribution in [0.5, 0.6) is 11.5 Å². The maximum atomic E-state index is 11.1. The van der Waals surface area contributed by atoms with Crippen LogP contribution in [0.1, 0.15) is 27.0 Å². The molecule has 0 bridgehead atoms. The van der Waals surface area contributed by atoms with E-state index in [4.69, 9.17) is 21.6 Å². The van der Waals surface area contributed by atoms with Crippen LogP contribution in [0.15, 0.2) is 85.5 Å². The van der Waals surface area contributed by atoms with Gasteiger partial charge in [-0.15, -0.1) is 13.0 Å². The van der Waals surface area contributed by atoms with Gasteiger partial charge >= 0.3 is 0 Å². The molecule has 174 valence electrons. The zero-order valence-electron chi connectivity index (χ0n) is 19.4. The Kier molecular flexibility index (Phi) is 8.90. The van der Waals surface area contributed by atoms with Gasteiger partial charge in [0, 0.05) is 11.6 Å². The molecule has 5 nitrogen and oxygen atoms in total. The fraction of sp³-hybridized carbons (Fsp3) is 0.207.